The molecule has 1 unspecified atom stereocenters. The van der Waals surface area contributed by atoms with Crippen molar-refractivity contribution >= 4 is 23.2 Å². The summed E-state index contributed by atoms with van der Waals surface area (Å²) >= 11 is 0. The van der Waals surface area contributed by atoms with Crippen LogP contribution in [0.2, 0.25) is 0 Å². The summed E-state index contributed by atoms with van der Waals surface area (Å²) in [6.07, 6.45) is 2.27. The van der Waals surface area contributed by atoms with Crippen LogP contribution in [0.15, 0.2) is 59.4 Å². The van der Waals surface area contributed by atoms with Crippen molar-refractivity contribution in [1.29, 1.82) is 0 Å². The molecule has 0 spiro atoms. The zero-order chi connectivity index (χ0) is 20.0. The lowest BCUT2D eigenvalue weighted by Gasteiger charge is -2.30. The number of fused-ring (bicyclic) bond motifs is 3. The fourth-order valence-corrected chi connectivity index (χ4v) is 4.37. The Balaban J connectivity index is 2.04. The highest BCUT2D eigenvalue weighted by molar-refractivity contribution is 6.07. The van der Waals surface area contributed by atoms with Crippen molar-refractivity contribution in [2.45, 2.75) is 12.3 Å². The number of hydrogen-bond acceptors (Lipinski definition) is 5. The quantitative estimate of drug-likeness (QED) is 0.769. The van der Waals surface area contributed by atoms with Crippen molar-refractivity contribution in [3.05, 3.63) is 70.7 Å². The fourth-order valence-electron chi connectivity index (χ4n) is 4.37. The summed E-state index contributed by atoms with van der Waals surface area (Å²) in [5.74, 6) is -1.38. The van der Waals surface area contributed by atoms with E-state index in [9.17, 15) is 9.59 Å². The predicted octanol–water partition coefficient (Wildman–Crippen LogP) is 3.02. The molecule has 0 fully saturated rings. The van der Waals surface area contributed by atoms with E-state index in [4.69, 9.17) is 9.47 Å². The lowest BCUT2D eigenvalue weighted by Crippen LogP contribution is -2.27. The van der Waals surface area contributed by atoms with Crippen LogP contribution in [0.25, 0.3) is 5.57 Å². The Labute approximate surface area is 163 Å². The molecule has 4 rings (SSSR count). The maximum Gasteiger partial charge on any atom is 0.335 e. The molecule has 2 aliphatic rings. The number of ether oxygens (including phenoxy) is 2. The molecule has 2 aromatic rings. The molecular formula is C22H22N2O4. The molecule has 6 heteroatoms. The van der Waals surface area contributed by atoms with Gasteiger partial charge in [0.1, 0.15) is 0 Å². The average Bonchev–Trinajstić information content (AvgIpc) is 3.28. The van der Waals surface area contributed by atoms with E-state index in [1.165, 1.54) is 14.2 Å². The summed E-state index contributed by atoms with van der Waals surface area (Å²) in [5.41, 5.74) is 5.71. The van der Waals surface area contributed by atoms with Gasteiger partial charge in [-0.2, -0.15) is 0 Å². The van der Waals surface area contributed by atoms with E-state index in [0.29, 0.717) is 17.6 Å². The number of likely N-dealkylation sites (N-methyl/N-ethyl adjacent to an activating group) is 1. The first kappa shape index (κ1) is 18.1. The largest absolute Gasteiger partial charge is 0.466 e. The summed E-state index contributed by atoms with van der Waals surface area (Å²) in [7, 11) is 6.64. The van der Waals surface area contributed by atoms with Gasteiger partial charge in [-0.25, -0.2) is 9.59 Å². The number of benzene rings is 1. The number of carbonyl (C=O) groups excluding carboxylic acids is 2. The summed E-state index contributed by atoms with van der Waals surface area (Å²) in [5, 5.41) is 0. The van der Waals surface area contributed by atoms with Crippen molar-refractivity contribution in [2.75, 3.05) is 26.2 Å². The van der Waals surface area contributed by atoms with Crippen LogP contribution in [-0.4, -0.2) is 37.8 Å². The Bertz CT molecular complexity index is 1040. The van der Waals surface area contributed by atoms with Crippen LogP contribution in [0.1, 0.15) is 23.6 Å². The topological polar surface area (TPSA) is 60.8 Å². The van der Waals surface area contributed by atoms with Gasteiger partial charge < -0.3 is 18.9 Å². The standard InChI is InChI=1S/C22H22N2O4/c1-23-11-7-10-16(23)14-12-15(21(25)27-3)19(22(26)28-4)18-13-8-5-6-9-17(13)24(2)20(14)18/h5-11,18H,12H2,1-4H3. The van der Waals surface area contributed by atoms with E-state index < -0.39 is 11.9 Å². The number of allylic oxidation sites excluding steroid dienone is 2. The normalized spacial score (nSPS) is 18.1. The van der Waals surface area contributed by atoms with Crippen LogP contribution in [0.5, 0.6) is 0 Å². The Hall–Kier alpha value is -3.28. The maximum atomic E-state index is 12.8. The summed E-state index contributed by atoms with van der Waals surface area (Å²) in [4.78, 5) is 27.5. The highest BCUT2D eigenvalue weighted by atomic mass is 16.5. The smallest absolute Gasteiger partial charge is 0.335 e. The third kappa shape index (κ3) is 2.48. The van der Waals surface area contributed by atoms with Gasteiger partial charge in [-0.3, -0.25) is 0 Å². The lowest BCUT2D eigenvalue weighted by atomic mass is 9.78. The van der Waals surface area contributed by atoms with Gasteiger partial charge in [0.2, 0.25) is 0 Å². The molecule has 1 aliphatic heterocycles. The fraction of sp³-hybridized carbons (Fsp3) is 0.273. The van der Waals surface area contributed by atoms with E-state index in [1.807, 2.05) is 61.3 Å². The highest BCUT2D eigenvalue weighted by Crippen LogP contribution is 2.54. The molecule has 144 valence electrons. The molecule has 1 atom stereocenters. The molecule has 0 radical (unpaired) electrons. The second-order valence-electron chi connectivity index (χ2n) is 6.97. The highest BCUT2D eigenvalue weighted by Gasteiger charge is 2.45. The third-order valence-corrected chi connectivity index (χ3v) is 5.61. The van der Waals surface area contributed by atoms with Gasteiger partial charge in [0.25, 0.3) is 0 Å². The maximum absolute atomic E-state index is 12.8. The van der Waals surface area contributed by atoms with Crippen molar-refractivity contribution in [3.8, 4) is 0 Å². The zero-order valence-corrected chi connectivity index (χ0v) is 16.4. The Morgan fingerprint density at radius 3 is 2.36 bits per heavy atom. The summed E-state index contributed by atoms with van der Waals surface area (Å²) in [6.45, 7) is 0. The molecule has 0 bridgehead atoms. The van der Waals surface area contributed by atoms with Gasteiger partial charge in [-0.05, 0) is 23.8 Å². The number of methoxy groups -OCH3 is 2. The number of para-hydroxylation sites is 1. The van der Waals surface area contributed by atoms with Crippen molar-refractivity contribution in [1.82, 2.24) is 4.57 Å². The van der Waals surface area contributed by atoms with E-state index >= 15 is 0 Å². The van der Waals surface area contributed by atoms with Crippen LogP contribution in [0.3, 0.4) is 0 Å². The van der Waals surface area contributed by atoms with Crippen LogP contribution < -0.4 is 4.90 Å². The number of esters is 2. The van der Waals surface area contributed by atoms with Crippen LogP contribution in [-0.2, 0) is 26.1 Å². The van der Waals surface area contributed by atoms with E-state index in [0.717, 1.165) is 28.2 Å². The Morgan fingerprint density at radius 2 is 1.71 bits per heavy atom. The van der Waals surface area contributed by atoms with Crippen LogP contribution in [0, 0.1) is 0 Å². The summed E-state index contributed by atoms with van der Waals surface area (Å²) < 4.78 is 12.1. The molecule has 1 aromatic heterocycles. The molecule has 28 heavy (non-hydrogen) atoms. The molecular weight excluding hydrogens is 356 g/mol. The van der Waals surface area contributed by atoms with Gasteiger partial charge in [-0.1, -0.05) is 18.2 Å². The molecule has 2 heterocycles. The monoisotopic (exact) mass is 378 g/mol. The van der Waals surface area contributed by atoms with Gasteiger partial charge >= 0.3 is 11.9 Å². The number of anilines is 1. The van der Waals surface area contributed by atoms with E-state index in [-0.39, 0.29) is 5.92 Å². The molecule has 1 aromatic carbocycles. The SMILES string of the molecule is COC(=O)C1=C(C(=O)OC)C2C(=C(c3cccn3C)C1)N(C)c1ccccc12. The molecule has 0 amide bonds. The molecule has 0 N–H and O–H groups in total. The minimum Gasteiger partial charge on any atom is -0.466 e. The zero-order valence-electron chi connectivity index (χ0n) is 16.4. The number of carbonyl (C=O) groups is 2. The number of rotatable bonds is 3. The average molecular weight is 378 g/mol. The van der Waals surface area contributed by atoms with Crippen molar-refractivity contribution in [2.24, 2.45) is 7.05 Å². The van der Waals surface area contributed by atoms with Gasteiger partial charge in [0.15, 0.2) is 0 Å². The van der Waals surface area contributed by atoms with Crippen LogP contribution in [0.4, 0.5) is 5.69 Å². The van der Waals surface area contributed by atoms with Crippen LogP contribution >= 0.6 is 0 Å². The second-order valence-corrected chi connectivity index (χ2v) is 6.97. The van der Waals surface area contributed by atoms with Crippen molar-refractivity contribution < 1.29 is 19.1 Å². The Kier molecular flexibility index (Phi) is 4.34. The molecule has 0 saturated carbocycles. The number of aromatic nitrogens is 1. The number of hydrogen-bond donors (Lipinski definition) is 0. The number of aryl methyl sites for hydroxylation is 1. The lowest BCUT2D eigenvalue weighted by molar-refractivity contribution is -0.139. The van der Waals surface area contributed by atoms with Gasteiger partial charge in [0.05, 0.1) is 31.3 Å². The first-order valence-electron chi connectivity index (χ1n) is 9.06. The van der Waals surface area contributed by atoms with Gasteiger partial charge in [0, 0.05) is 49.4 Å². The molecule has 0 saturated heterocycles. The first-order chi connectivity index (χ1) is 13.5. The van der Waals surface area contributed by atoms with Gasteiger partial charge in [-0.15, -0.1) is 0 Å². The molecule has 1 aliphatic carbocycles. The van der Waals surface area contributed by atoms with E-state index in [2.05, 4.69) is 4.90 Å². The van der Waals surface area contributed by atoms with E-state index in [1.54, 1.807) is 0 Å². The third-order valence-electron chi connectivity index (χ3n) is 5.61. The predicted molar refractivity (Wildman–Crippen MR) is 106 cm³/mol. The minimum absolute atomic E-state index is 0.305. The molecule has 6 nitrogen and oxygen atoms in total. The van der Waals surface area contributed by atoms with Crippen molar-refractivity contribution in [3.63, 3.8) is 0 Å². The first-order valence-corrected chi connectivity index (χ1v) is 9.06. The second kappa shape index (κ2) is 6.71. The Morgan fingerprint density at radius 1 is 1.00 bits per heavy atom. The minimum atomic E-state index is -0.502. The summed E-state index contributed by atoms with van der Waals surface area (Å²) in [6, 6.07) is 11.9. The number of nitrogens with zero attached hydrogens (tertiary/aromatic N) is 2.